The van der Waals surface area contributed by atoms with Crippen LogP contribution in [0, 0.1) is 13.8 Å². The van der Waals surface area contributed by atoms with Crippen LogP contribution in [0.25, 0.3) is 16.6 Å². The van der Waals surface area contributed by atoms with Gasteiger partial charge in [0.2, 0.25) is 5.91 Å². The molecule has 1 atom stereocenters. The molecule has 1 unspecified atom stereocenters. The molecule has 1 saturated heterocycles. The summed E-state index contributed by atoms with van der Waals surface area (Å²) in [5.74, 6) is 1.29. The lowest BCUT2D eigenvalue weighted by Crippen LogP contribution is -2.40. The number of hydrogen-bond acceptors (Lipinski definition) is 4. The van der Waals surface area contributed by atoms with Gasteiger partial charge in [-0.2, -0.15) is 0 Å². The van der Waals surface area contributed by atoms with E-state index in [1.165, 1.54) is 11.1 Å². The van der Waals surface area contributed by atoms with E-state index in [0.717, 1.165) is 47.4 Å². The first-order valence-electron chi connectivity index (χ1n) is 10.1. The summed E-state index contributed by atoms with van der Waals surface area (Å²) in [4.78, 5) is 15.1. The molecule has 3 aromatic heterocycles. The number of fused-ring (bicyclic) bond motifs is 2. The van der Waals surface area contributed by atoms with Crippen LogP contribution in [0.1, 0.15) is 41.3 Å². The molecular formula is C23H24N4O2. The molecule has 6 heteroatoms. The van der Waals surface area contributed by atoms with Gasteiger partial charge in [-0.25, -0.2) is 0 Å². The first-order chi connectivity index (χ1) is 14.1. The third-order valence-corrected chi connectivity index (χ3v) is 6.09. The van der Waals surface area contributed by atoms with Gasteiger partial charge in [-0.05, 0) is 62.1 Å². The van der Waals surface area contributed by atoms with Crippen LogP contribution >= 0.6 is 0 Å². The van der Waals surface area contributed by atoms with Crippen LogP contribution in [0.3, 0.4) is 0 Å². The van der Waals surface area contributed by atoms with Crippen LogP contribution in [-0.2, 0) is 11.2 Å². The lowest BCUT2D eigenvalue weighted by molar-refractivity contribution is -0.131. The Kier molecular flexibility index (Phi) is 4.34. The van der Waals surface area contributed by atoms with Crippen molar-refractivity contribution in [2.24, 2.45) is 0 Å². The second-order valence-electron chi connectivity index (χ2n) is 8.04. The van der Waals surface area contributed by atoms with Gasteiger partial charge in [-0.3, -0.25) is 9.20 Å². The third kappa shape index (κ3) is 3.18. The minimum atomic E-state index is 0.143. The van der Waals surface area contributed by atoms with Gasteiger partial charge < -0.3 is 9.32 Å². The largest absolute Gasteiger partial charge is 0.464 e. The number of carbonyl (C=O) groups excluding carboxylic acids is 1. The predicted octanol–water partition coefficient (Wildman–Crippen LogP) is 4.04. The summed E-state index contributed by atoms with van der Waals surface area (Å²) in [6.45, 7) is 5.64. The molecule has 29 heavy (non-hydrogen) atoms. The first-order valence-corrected chi connectivity index (χ1v) is 10.1. The molecule has 0 N–H and O–H groups in total. The maximum atomic E-state index is 13.1. The number of nitrogens with zero attached hydrogens (tertiary/aromatic N) is 4. The zero-order valence-corrected chi connectivity index (χ0v) is 16.8. The van der Waals surface area contributed by atoms with Crippen LogP contribution in [0.15, 0.2) is 47.2 Å². The molecule has 0 radical (unpaired) electrons. The summed E-state index contributed by atoms with van der Waals surface area (Å²) < 4.78 is 7.74. The number of piperidine rings is 1. The van der Waals surface area contributed by atoms with Gasteiger partial charge in [0.15, 0.2) is 5.65 Å². The van der Waals surface area contributed by atoms with Crippen molar-refractivity contribution in [2.75, 3.05) is 13.1 Å². The first kappa shape index (κ1) is 17.9. The van der Waals surface area contributed by atoms with Crippen LogP contribution in [-0.4, -0.2) is 38.5 Å². The molecule has 0 spiro atoms. The molecule has 1 aromatic carbocycles. The standard InChI is InChI=1S/C23H24N4O2/c1-15-10-19-18(14-29-20(19)11-16(15)2)12-22(28)26-8-5-6-17(13-26)23-25-24-21-7-3-4-9-27(21)23/h3-4,7,9-11,14,17H,5-6,8,12-13H2,1-2H3. The average molecular weight is 388 g/mol. The highest BCUT2D eigenvalue weighted by molar-refractivity contribution is 5.88. The topological polar surface area (TPSA) is 63.6 Å². The molecule has 148 valence electrons. The fraction of sp³-hybridized carbons (Fsp3) is 0.348. The maximum Gasteiger partial charge on any atom is 0.227 e. The van der Waals surface area contributed by atoms with E-state index in [-0.39, 0.29) is 11.8 Å². The van der Waals surface area contributed by atoms with E-state index >= 15 is 0 Å². The van der Waals surface area contributed by atoms with Crippen LogP contribution in [0.5, 0.6) is 0 Å². The van der Waals surface area contributed by atoms with Crippen molar-refractivity contribution >= 4 is 22.5 Å². The van der Waals surface area contributed by atoms with Crippen LogP contribution in [0.2, 0.25) is 0 Å². The van der Waals surface area contributed by atoms with E-state index in [2.05, 4.69) is 30.1 Å². The highest BCUT2D eigenvalue weighted by atomic mass is 16.3. The average Bonchev–Trinajstić information content (AvgIpc) is 3.33. The van der Waals surface area contributed by atoms with E-state index in [1.807, 2.05) is 39.8 Å². The molecule has 6 nitrogen and oxygen atoms in total. The van der Waals surface area contributed by atoms with Crippen LogP contribution in [0.4, 0.5) is 0 Å². The number of hydrogen-bond donors (Lipinski definition) is 0. The smallest absolute Gasteiger partial charge is 0.227 e. The molecule has 0 aliphatic carbocycles. The number of pyridine rings is 1. The monoisotopic (exact) mass is 388 g/mol. The van der Waals surface area contributed by atoms with Crippen molar-refractivity contribution < 1.29 is 9.21 Å². The Morgan fingerprint density at radius 1 is 1.21 bits per heavy atom. The Labute approximate surface area is 169 Å². The zero-order valence-electron chi connectivity index (χ0n) is 16.8. The Bertz CT molecular complexity index is 1210. The number of likely N-dealkylation sites (tertiary alicyclic amines) is 1. The minimum absolute atomic E-state index is 0.143. The van der Waals surface area contributed by atoms with Gasteiger partial charge >= 0.3 is 0 Å². The lowest BCUT2D eigenvalue weighted by atomic mass is 9.96. The third-order valence-electron chi connectivity index (χ3n) is 6.09. The Morgan fingerprint density at radius 3 is 2.97 bits per heavy atom. The number of amides is 1. The number of furan rings is 1. The molecule has 1 aliphatic rings. The molecule has 0 saturated carbocycles. The van der Waals surface area contributed by atoms with Crippen molar-refractivity contribution in [3.05, 3.63) is 65.3 Å². The predicted molar refractivity (Wildman–Crippen MR) is 111 cm³/mol. The maximum absolute atomic E-state index is 13.1. The van der Waals surface area contributed by atoms with E-state index in [9.17, 15) is 4.79 Å². The van der Waals surface area contributed by atoms with Gasteiger partial charge in [0.25, 0.3) is 0 Å². The number of carbonyl (C=O) groups is 1. The Hall–Kier alpha value is -3.15. The number of aryl methyl sites for hydroxylation is 2. The van der Waals surface area contributed by atoms with Gasteiger partial charge in [0.1, 0.15) is 11.4 Å². The van der Waals surface area contributed by atoms with E-state index in [1.54, 1.807) is 6.26 Å². The van der Waals surface area contributed by atoms with Gasteiger partial charge in [0, 0.05) is 36.2 Å². The second kappa shape index (κ2) is 7.03. The quantitative estimate of drug-likeness (QED) is 0.531. The van der Waals surface area contributed by atoms with Crippen molar-refractivity contribution in [1.29, 1.82) is 0 Å². The molecule has 1 aliphatic heterocycles. The summed E-state index contributed by atoms with van der Waals surface area (Å²) in [7, 11) is 0. The normalized spacial score (nSPS) is 17.3. The summed E-state index contributed by atoms with van der Waals surface area (Å²) >= 11 is 0. The molecule has 0 bridgehead atoms. The number of rotatable bonds is 3. The summed E-state index contributed by atoms with van der Waals surface area (Å²) in [5.41, 5.74) is 5.07. The van der Waals surface area contributed by atoms with E-state index < -0.39 is 0 Å². The Balaban J connectivity index is 1.36. The minimum Gasteiger partial charge on any atom is -0.464 e. The summed E-state index contributed by atoms with van der Waals surface area (Å²) in [5, 5.41) is 9.72. The van der Waals surface area contributed by atoms with Gasteiger partial charge in [0.05, 0.1) is 12.7 Å². The van der Waals surface area contributed by atoms with Crippen molar-refractivity contribution in [3.63, 3.8) is 0 Å². The fourth-order valence-corrected chi connectivity index (χ4v) is 4.30. The van der Waals surface area contributed by atoms with Gasteiger partial charge in [-0.1, -0.05) is 6.07 Å². The van der Waals surface area contributed by atoms with Crippen LogP contribution < -0.4 is 0 Å². The number of aromatic nitrogens is 3. The van der Waals surface area contributed by atoms with E-state index in [0.29, 0.717) is 13.0 Å². The number of benzene rings is 1. The highest BCUT2D eigenvalue weighted by Crippen LogP contribution is 2.28. The second-order valence-corrected chi connectivity index (χ2v) is 8.04. The molecule has 5 rings (SSSR count). The molecule has 1 fully saturated rings. The molecule has 1 amide bonds. The van der Waals surface area contributed by atoms with Crippen molar-refractivity contribution in [1.82, 2.24) is 19.5 Å². The van der Waals surface area contributed by atoms with Gasteiger partial charge in [-0.15, -0.1) is 10.2 Å². The highest BCUT2D eigenvalue weighted by Gasteiger charge is 2.28. The molecule has 4 aromatic rings. The zero-order chi connectivity index (χ0) is 20.0. The molecular weight excluding hydrogens is 364 g/mol. The SMILES string of the molecule is Cc1cc2occ(CC(=O)N3CCCC(c4nnc5ccccn45)C3)c2cc1C. The van der Waals surface area contributed by atoms with Crippen molar-refractivity contribution in [2.45, 2.75) is 39.0 Å². The van der Waals surface area contributed by atoms with E-state index in [4.69, 9.17) is 4.42 Å². The lowest BCUT2D eigenvalue weighted by Gasteiger charge is -2.32. The summed E-state index contributed by atoms with van der Waals surface area (Å²) in [6.07, 6.45) is 6.08. The summed E-state index contributed by atoms with van der Waals surface area (Å²) in [6, 6.07) is 10.1. The fourth-order valence-electron chi connectivity index (χ4n) is 4.30. The Morgan fingerprint density at radius 2 is 2.07 bits per heavy atom. The van der Waals surface area contributed by atoms with Crippen molar-refractivity contribution in [3.8, 4) is 0 Å². The molecule has 4 heterocycles.